The van der Waals surface area contributed by atoms with E-state index in [-0.39, 0.29) is 36.2 Å². The molecule has 2 saturated heterocycles. The van der Waals surface area contributed by atoms with Gasteiger partial charge in [-0.2, -0.15) is 0 Å². The molecule has 184 valence electrons. The van der Waals surface area contributed by atoms with Gasteiger partial charge in [-0.1, -0.05) is 20.8 Å². The topological polar surface area (TPSA) is 62.2 Å². The van der Waals surface area contributed by atoms with Gasteiger partial charge in [0.1, 0.15) is 23.4 Å². The first-order chi connectivity index (χ1) is 16.2. The minimum atomic E-state index is -0.757. The van der Waals surface area contributed by atoms with E-state index in [4.69, 9.17) is 9.47 Å². The Morgan fingerprint density at radius 3 is 2.29 bits per heavy atom. The first-order valence-corrected chi connectivity index (χ1v) is 12.1. The van der Waals surface area contributed by atoms with Crippen molar-refractivity contribution in [3.05, 3.63) is 48.3 Å². The van der Waals surface area contributed by atoms with E-state index in [1.54, 1.807) is 19.2 Å². The largest absolute Gasteiger partial charge is 0.497 e. The van der Waals surface area contributed by atoms with Crippen LogP contribution in [0.3, 0.4) is 0 Å². The molecule has 0 aromatic heterocycles. The molecule has 0 bridgehead atoms. The maximum absolute atomic E-state index is 14.5. The number of benzene rings is 2. The molecule has 5 atom stereocenters. The van der Waals surface area contributed by atoms with Crippen molar-refractivity contribution in [2.75, 3.05) is 36.5 Å². The number of anilines is 2. The maximum atomic E-state index is 14.5. The van der Waals surface area contributed by atoms with Gasteiger partial charge in [0.15, 0.2) is 0 Å². The molecule has 0 saturated carbocycles. The quantitative estimate of drug-likeness (QED) is 0.610. The molecule has 4 rings (SSSR count). The number of methoxy groups -OCH3 is 1. The molecule has 0 spiro atoms. The summed E-state index contributed by atoms with van der Waals surface area (Å²) in [5.74, 6) is 1.33. The molecule has 34 heavy (non-hydrogen) atoms. The molecule has 2 aromatic carbocycles. The van der Waals surface area contributed by atoms with Crippen LogP contribution in [0, 0.1) is 23.6 Å². The highest BCUT2D eigenvalue weighted by molar-refractivity contribution is 5.69. The van der Waals surface area contributed by atoms with Gasteiger partial charge in [-0.15, -0.1) is 0 Å². The summed E-state index contributed by atoms with van der Waals surface area (Å²) < 4.78 is 26.2. The van der Waals surface area contributed by atoms with Gasteiger partial charge in [0, 0.05) is 49.3 Å². The van der Waals surface area contributed by atoms with E-state index >= 15 is 0 Å². The molecule has 2 aliphatic rings. The lowest BCUT2D eigenvalue weighted by Crippen LogP contribution is -2.50. The van der Waals surface area contributed by atoms with Crippen LogP contribution in [0.5, 0.6) is 11.5 Å². The van der Waals surface area contributed by atoms with Crippen LogP contribution >= 0.6 is 0 Å². The number of carbonyl (C=O) groups is 1. The summed E-state index contributed by atoms with van der Waals surface area (Å²) in [4.78, 5) is 15.5. The fraction of sp³-hybridized carbons (Fsp3) is 0.519. The van der Waals surface area contributed by atoms with Crippen molar-refractivity contribution in [3.8, 4) is 11.5 Å². The van der Waals surface area contributed by atoms with Crippen molar-refractivity contribution < 1.29 is 23.8 Å². The highest BCUT2D eigenvalue weighted by Gasteiger charge is 2.35. The summed E-state index contributed by atoms with van der Waals surface area (Å²) in [6.07, 6.45) is 1.07. The van der Waals surface area contributed by atoms with E-state index in [1.165, 1.54) is 6.07 Å². The zero-order chi connectivity index (χ0) is 24.4. The summed E-state index contributed by atoms with van der Waals surface area (Å²) in [5.41, 5.74) is 1.60. The fourth-order valence-corrected chi connectivity index (χ4v) is 5.56. The van der Waals surface area contributed by atoms with Crippen LogP contribution in [-0.2, 0) is 4.79 Å². The Morgan fingerprint density at radius 1 is 1.03 bits per heavy atom. The molecule has 7 heteroatoms. The Bertz CT molecular complexity index is 987. The first kappa shape index (κ1) is 24.2. The van der Waals surface area contributed by atoms with Gasteiger partial charge < -0.3 is 24.4 Å². The van der Waals surface area contributed by atoms with Gasteiger partial charge in [0.25, 0.3) is 0 Å². The van der Waals surface area contributed by atoms with Crippen LogP contribution < -0.4 is 19.3 Å². The average molecular weight is 471 g/mol. The minimum absolute atomic E-state index is 0.0161. The lowest BCUT2D eigenvalue weighted by molar-refractivity contribution is -0.137. The van der Waals surface area contributed by atoms with Crippen molar-refractivity contribution >= 4 is 17.3 Å². The Labute approximate surface area is 201 Å². The van der Waals surface area contributed by atoms with Gasteiger partial charge in [0.05, 0.1) is 19.2 Å². The predicted octanol–water partition coefficient (Wildman–Crippen LogP) is 5.06. The van der Waals surface area contributed by atoms with Crippen molar-refractivity contribution in [1.29, 1.82) is 0 Å². The van der Waals surface area contributed by atoms with E-state index in [2.05, 4.69) is 30.6 Å². The minimum Gasteiger partial charge on any atom is -0.497 e. The Morgan fingerprint density at radius 2 is 1.68 bits per heavy atom. The van der Waals surface area contributed by atoms with Gasteiger partial charge >= 0.3 is 5.97 Å². The SMILES string of the molecule is COc1ccc(F)c(N2C[C@@H](C)[C@@H](Oc3ccc(N4C[C@H](C)C[C@@H]4CC(=O)O)cc3)[C@@H](C)C2)c1. The molecule has 0 aliphatic carbocycles. The molecule has 2 aliphatic heterocycles. The van der Waals surface area contributed by atoms with E-state index in [1.807, 2.05) is 24.3 Å². The number of aliphatic carboxylic acids is 1. The molecule has 0 unspecified atom stereocenters. The average Bonchev–Trinajstić information content (AvgIpc) is 3.16. The van der Waals surface area contributed by atoms with Crippen LogP contribution in [0.25, 0.3) is 0 Å². The number of hydrogen-bond acceptors (Lipinski definition) is 5. The fourth-order valence-electron chi connectivity index (χ4n) is 5.56. The van der Waals surface area contributed by atoms with Crippen LogP contribution in [0.2, 0.25) is 0 Å². The van der Waals surface area contributed by atoms with E-state index < -0.39 is 5.97 Å². The van der Waals surface area contributed by atoms with Crippen LogP contribution in [0.15, 0.2) is 42.5 Å². The number of hydrogen-bond donors (Lipinski definition) is 1. The third kappa shape index (κ3) is 5.24. The molecule has 0 radical (unpaired) electrons. The highest BCUT2D eigenvalue weighted by Crippen LogP contribution is 2.35. The number of carboxylic acid groups (broad SMARTS) is 1. The van der Waals surface area contributed by atoms with Crippen molar-refractivity contribution in [2.45, 2.75) is 45.8 Å². The highest BCUT2D eigenvalue weighted by atomic mass is 19.1. The van der Waals surface area contributed by atoms with E-state index in [9.17, 15) is 14.3 Å². The summed E-state index contributed by atoms with van der Waals surface area (Å²) >= 11 is 0. The number of carboxylic acids is 1. The molecular formula is C27H35FN2O4. The molecule has 2 aromatic rings. The lowest BCUT2D eigenvalue weighted by Gasteiger charge is -2.42. The van der Waals surface area contributed by atoms with Crippen LogP contribution in [0.4, 0.5) is 15.8 Å². The number of rotatable bonds is 7. The third-order valence-corrected chi connectivity index (χ3v) is 7.11. The maximum Gasteiger partial charge on any atom is 0.305 e. The molecule has 2 fully saturated rings. The first-order valence-electron chi connectivity index (χ1n) is 12.1. The van der Waals surface area contributed by atoms with Crippen molar-refractivity contribution in [2.24, 2.45) is 17.8 Å². The van der Waals surface area contributed by atoms with Crippen LogP contribution in [-0.4, -0.2) is 50.0 Å². The van der Waals surface area contributed by atoms with Crippen LogP contribution in [0.1, 0.15) is 33.6 Å². The monoisotopic (exact) mass is 470 g/mol. The standard InChI is InChI=1S/C27H35FN2O4/c1-17-11-21(12-26(31)32)30(14-17)20-5-7-22(8-6-20)34-27-18(2)15-29(16-19(27)3)25-13-23(33-4)9-10-24(25)28/h5-10,13,17-19,21,27H,11-12,14-16H2,1-4H3,(H,31,32)/t17-,18-,19+,21-,27-/m1/s1. The second kappa shape index (κ2) is 10.1. The molecule has 0 amide bonds. The Kier molecular flexibility index (Phi) is 7.19. The predicted molar refractivity (Wildman–Crippen MR) is 132 cm³/mol. The zero-order valence-corrected chi connectivity index (χ0v) is 20.4. The van der Waals surface area contributed by atoms with Gasteiger partial charge in [0.2, 0.25) is 0 Å². The van der Waals surface area contributed by atoms with E-state index in [0.717, 1.165) is 24.4 Å². The van der Waals surface area contributed by atoms with Crippen molar-refractivity contribution in [3.63, 3.8) is 0 Å². The summed E-state index contributed by atoms with van der Waals surface area (Å²) in [7, 11) is 1.59. The second-order valence-corrected chi connectivity index (χ2v) is 10.00. The summed E-state index contributed by atoms with van der Waals surface area (Å²) in [6, 6.07) is 12.9. The number of nitrogens with zero attached hydrogens (tertiary/aromatic N) is 2. The molecule has 2 heterocycles. The molecule has 6 nitrogen and oxygen atoms in total. The normalized spacial score (nSPS) is 27.0. The number of halogens is 1. The molecule has 1 N–H and O–H groups in total. The van der Waals surface area contributed by atoms with E-state index in [0.29, 0.717) is 30.4 Å². The van der Waals surface area contributed by atoms with Gasteiger partial charge in [-0.05, 0) is 48.7 Å². The van der Waals surface area contributed by atoms with Gasteiger partial charge in [-0.3, -0.25) is 4.79 Å². The summed E-state index contributed by atoms with van der Waals surface area (Å²) in [6.45, 7) is 8.70. The van der Waals surface area contributed by atoms with Gasteiger partial charge in [-0.25, -0.2) is 4.39 Å². The Hall–Kier alpha value is -2.96. The van der Waals surface area contributed by atoms with Crippen molar-refractivity contribution in [1.82, 2.24) is 0 Å². The summed E-state index contributed by atoms with van der Waals surface area (Å²) in [5, 5.41) is 9.26. The number of ether oxygens (including phenoxy) is 2. The molecular weight excluding hydrogens is 435 g/mol. The third-order valence-electron chi connectivity index (χ3n) is 7.11. The smallest absolute Gasteiger partial charge is 0.305 e. The number of piperidine rings is 1. The Balaban J connectivity index is 1.42. The lowest BCUT2D eigenvalue weighted by atomic mass is 9.87. The second-order valence-electron chi connectivity index (χ2n) is 10.00. The zero-order valence-electron chi connectivity index (χ0n) is 20.4.